The summed E-state index contributed by atoms with van der Waals surface area (Å²) in [6.07, 6.45) is 1.77. The molecule has 3 aliphatic heterocycles. The van der Waals surface area contributed by atoms with Gasteiger partial charge in [-0.05, 0) is 24.0 Å². The molecule has 0 bridgehead atoms. The van der Waals surface area contributed by atoms with Gasteiger partial charge in [0.2, 0.25) is 5.91 Å². The van der Waals surface area contributed by atoms with Crippen LogP contribution in [0.3, 0.4) is 0 Å². The summed E-state index contributed by atoms with van der Waals surface area (Å²) in [5.41, 5.74) is 2.96. The molecule has 3 heterocycles. The number of benzene rings is 1. The Bertz CT molecular complexity index is 667. The maximum Gasteiger partial charge on any atom is 0.225 e. The fourth-order valence-corrected chi connectivity index (χ4v) is 5.53. The lowest BCUT2D eigenvalue weighted by molar-refractivity contribution is -0.137. The van der Waals surface area contributed by atoms with E-state index in [0.717, 1.165) is 65.4 Å². The average molecular weight is 356 g/mol. The monoisotopic (exact) mass is 356 g/mol. The number of nitrogens with zero attached hydrogens (tertiary/aromatic N) is 2. The quantitative estimate of drug-likeness (QED) is 0.813. The number of fused-ring (bicyclic) bond motifs is 3. The van der Waals surface area contributed by atoms with Crippen molar-refractivity contribution in [3.63, 3.8) is 0 Å². The Morgan fingerprint density at radius 1 is 0.923 bits per heavy atom. The smallest absolute Gasteiger partial charge is 0.225 e. The Labute approximate surface area is 155 Å². The molecule has 5 nitrogen and oxygen atoms in total. The summed E-state index contributed by atoms with van der Waals surface area (Å²) in [5, 5.41) is 0. The van der Waals surface area contributed by atoms with Crippen LogP contribution < -0.4 is 0 Å². The normalized spacial score (nSPS) is 32.5. The first-order valence-electron chi connectivity index (χ1n) is 10.1. The van der Waals surface area contributed by atoms with Crippen LogP contribution in [0, 0.1) is 11.8 Å². The highest BCUT2D eigenvalue weighted by atomic mass is 16.5. The van der Waals surface area contributed by atoms with Crippen molar-refractivity contribution in [3.8, 4) is 0 Å². The molecular weight excluding hydrogens is 328 g/mol. The molecule has 0 radical (unpaired) electrons. The molecule has 3 atom stereocenters. The van der Waals surface area contributed by atoms with E-state index in [1.54, 1.807) is 0 Å². The number of carbonyl (C=O) groups excluding carboxylic acids is 1. The summed E-state index contributed by atoms with van der Waals surface area (Å²) in [6, 6.07) is 9.35. The van der Waals surface area contributed by atoms with Gasteiger partial charge in [0.05, 0.1) is 13.2 Å². The van der Waals surface area contributed by atoms with E-state index >= 15 is 0 Å². The molecule has 0 N–H and O–H groups in total. The molecule has 3 saturated heterocycles. The zero-order chi connectivity index (χ0) is 17.5. The average Bonchev–Trinajstić information content (AvgIpc) is 3.26. The maximum atomic E-state index is 13.1. The lowest BCUT2D eigenvalue weighted by Gasteiger charge is -2.36. The van der Waals surface area contributed by atoms with Crippen LogP contribution in [0.1, 0.15) is 35.9 Å². The molecule has 1 aliphatic carbocycles. The molecule has 140 valence electrons. The first kappa shape index (κ1) is 16.7. The van der Waals surface area contributed by atoms with Gasteiger partial charge >= 0.3 is 0 Å². The molecule has 5 heteroatoms. The van der Waals surface area contributed by atoms with Crippen molar-refractivity contribution in [2.45, 2.75) is 24.8 Å². The van der Waals surface area contributed by atoms with Crippen LogP contribution in [-0.2, 0) is 14.3 Å². The lowest BCUT2D eigenvalue weighted by Crippen LogP contribution is -2.42. The van der Waals surface area contributed by atoms with Crippen LogP contribution in [0.25, 0.3) is 0 Å². The number of hydrogen-bond acceptors (Lipinski definition) is 4. The van der Waals surface area contributed by atoms with E-state index in [1.165, 1.54) is 11.1 Å². The summed E-state index contributed by atoms with van der Waals surface area (Å²) >= 11 is 0. The van der Waals surface area contributed by atoms with Gasteiger partial charge in [-0.2, -0.15) is 0 Å². The van der Waals surface area contributed by atoms with E-state index < -0.39 is 0 Å². The number of ether oxygens (including phenoxy) is 2. The van der Waals surface area contributed by atoms with Gasteiger partial charge in [-0.15, -0.1) is 0 Å². The number of likely N-dealkylation sites (tertiary alicyclic amines) is 1. The molecule has 0 spiro atoms. The third kappa shape index (κ3) is 2.77. The first-order chi connectivity index (χ1) is 12.8. The highest BCUT2D eigenvalue weighted by Gasteiger charge is 2.49. The van der Waals surface area contributed by atoms with Crippen molar-refractivity contribution < 1.29 is 14.3 Å². The molecule has 0 aromatic heterocycles. The van der Waals surface area contributed by atoms with E-state index in [0.29, 0.717) is 23.8 Å². The Morgan fingerprint density at radius 3 is 2.38 bits per heavy atom. The third-order valence-electron chi connectivity index (χ3n) is 6.81. The predicted molar refractivity (Wildman–Crippen MR) is 97.9 cm³/mol. The van der Waals surface area contributed by atoms with Crippen molar-refractivity contribution >= 4 is 5.91 Å². The minimum absolute atomic E-state index is 0.166. The Morgan fingerprint density at radius 2 is 1.62 bits per heavy atom. The zero-order valence-corrected chi connectivity index (χ0v) is 15.3. The second-order valence-electron chi connectivity index (χ2n) is 8.12. The third-order valence-corrected chi connectivity index (χ3v) is 6.81. The summed E-state index contributed by atoms with van der Waals surface area (Å²) < 4.78 is 11.0. The fourth-order valence-electron chi connectivity index (χ4n) is 5.53. The van der Waals surface area contributed by atoms with Crippen LogP contribution in [-0.4, -0.2) is 68.3 Å². The zero-order valence-electron chi connectivity index (χ0n) is 15.3. The van der Waals surface area contributed by atoms with E-state index in [1.807, 2.05) is 0 Å². The SMILES string of the molecule is O=C(C1CCOCC1)N1C[C@H]2[C@@H](C1)c1ccccc1[C@@H]2N1CCOCC1. The molecule has 0 saturated carbocycles. The van der Waals surface area contributed by atoms with Gasteiger partial charge in [0, 0.05) is 63.2 Å². The van der Waals surface area contributed by atoms with Gasteiger partial charge in [0.1, 0.15) is 0 Å². The van der Waals surface area contributed by atoms with Crippen molar-refractivity contribution in [1.29, 1.82) is 0 Å². The van der Waals surface area contributed by atoms with Crippen LogP contribution in [0.15, 0.2) is 24.3 Å². The number of carbonyl (C=O) groups is 1. The van der Waals surface area contributed by atoms with Gasteiger partial charge in [0.25, 0.3) is 0 Å². The van der Waals surface area contributed by atoms with Crippen LogP contribution in [0.4, 0.5) is 0 Å². The molecule has 0 unspecified atom stereocenters. The van der Waals surface area contributed by atoms with E-state index in [4.69, 9.17) is 9.47 Å². The number of rotatable bonds is 2. The van der Waals surface area contributed by atoms with Crippen molar-refractivity contribution in [2.75, 3.05) is 52.6 Å². The summed E-state index contributed by atoms with van der Waals surface area (Å²) in [4.78, 5) is 17.8. The van der Waals surface area contributed by atoms with E-state index in [-0.39, 0.29) is 5.92 Å². The largest absolute Gasteiger partial charge is 0.381 e. The minimum Gasteiger partial charge on any atom is -0.381 e. The summed E-state index contributed by atoms with van der Waals surface area (Å²) in [6.45, 7) is 6.89. The topological polar surface area (TPSA) is 42.0 Å². The highest BCUT2D eigenvalue weighted by molar-refractivity contribution is 5.79. The Kier molecular flexibility index (Phi) is 4.47. The van der Waals surface area contributed by atoms with Crippen molar-refractivity contribution in [3.05, 3.63) is 35.4 Å². The van der Waals surface area contributed by atoms with E-state index in [2.05, 4.69) is 34.1 Å². The first-order valence-corrected chi connectivity index (χ1v) is 10.1. The standard InChI is InChI=1S/C21H28N2O3/c24-21(15-5-9-25-10-6-15)23-13-18-16-3-1-2-4-17(16)20(19(18)14-23)22-7-11-26-12-8-22/h1-4,15,18-20H,5-14H2/t18-,19-,20-/m0/s1. The highest BCUT2D eigenvalue weighted by Crippen LogP contribution is 2.52. The number of hydrogen-bond donors (Lipinski definition) is 0. The van der Waals surface area contributed by atoms with Crippen LogP contribution in [0.5, 0.6) is 0 Å². The molecule has 4 aliphatic rings. The molecule has 1 aromatic rings. The van der Waals surface area contributed by atoms with Gasteiger partial charge in [-0.25, -0.2) is 0 Å². The van der Waals surface area contributed by atoms with Gasteiger partial charge in [-0.1, -0.05) is 24.3 Å². The minimum atomic E-state index is 0.166. The second kappa shape index (κ2) is 6.95. The van der Waals surface area contributed by atoms with Crippen molar-refractivity contribution in [1.82, 2.24) is 9.80 Å². The second-order valence-corrected chi connectivity index (χ2v) is 8.12. The fraction of sp³-hybridized carbons (Fsp3) is 0.667. The molecule has 26 heavy (non-hydrogen) atoms. The molecule has 3 fully saturated rings. The van der Waals surface area contributed by atoms with Crippen molar-refractivity contribution in [2.24, 2.45) is 11.8 Å². The summed E-state index contributed by atoms with van der Waals surface area (Å²) in [7, 11) is 0. The van der Waals surface area contributed by atoms with Gasteiger partial charge in [0.15, 0.2) is 0 Å². The van der Waals surface area contributed by atoms with Gasteiger partial charge in [-0.3, -0.25) is 9.69 Å². The van der Waals surface area contributed by atoms with E-state index in [9.17, 15) is 4.79 Å². The molecule has 1 amide bonds. The molecular formula is C21H28N2O3. The Balaban J connectivity index is 1.39. The lowest BCUT2D eigenvalue weighted by atomic mass is 9.93. The Hall–Kier alpha value is -1.43. The summed E-state index contributed by atoms with van der Waals surface area (Å²) in [5.74, 6) is 1.54. The van der Waals surface area contributed by atoms with Crippen LogP contribution >= 0.6 is 0 Å². The number of morpholine rings is 1. The number of amides is 1. The predicted octanol–water partition coefficient (Wildman–Crippen LogP) is 2.04. The van der Waals surface area contributed by atoms with Crippen LogP contribution in [0.2, 0.25) is 0 Å². The van der Waals surface area contributed by atoms with Gasteiger partial charge < -0.3 is 14.4 Å². The molecule has 5 rings (SSSR count). The molecule has 1 aromatic carbocycles. The maximum absolute atomic E-state index is 13.1.